The molecule has 0 aromatic carbocycles. The van der Waals surface area contributed by atoms with Gasteiger partial charge < -0.3 is 44.8 Å². The first-order valence-electron chi connectivity index (χ1n) is 18.4. The highest BCUT2D eigenvalue weighted by molar-refractivity contribution is 5.79. The molecule has 53 heavy (non-hydrogen) atoms. The summed E-state index contributed by atoms with van der Waals surface area (Å²) in [6, 6.07) is 11.7. The molecule has 1 aliphatic carbocycles. The van der Waals surface area contributed by atoms with Crippen LogP contribution >= 0.6 is 0 Å². The Hall–Kier alpha value is -5.56. The maximum atomic E-state index is 12.1. The van der Waals surface area contributed by atoms with Gasteiger partial charge in [0, 0.05) is 69.5 Å². The van der Waals surface area contributed by atoms with Crippen LogP contribution < -0.4 is 20.4 Å². The van der Waals surface area contributed by atoms with E-state index in [1.54, 1.807) is 17.2 Å². The molecule has 0 atom stereocenters. The molecule has 280 valence electrons. The van der Waals surface area contributed by atoms with Crippen molar-refractivity contribution in [2.45, 2.75) is 70.9 Å². The molecule has 0 unspecified atom stereocenters. The van der Waals surface area contributed by atoms with Crippen LogP contribution in [0.2, 0.25) is 0 Å². The lowest BCUT2D eigenvalue weighted by molar-refractivity contribution is -0.389. The van der Waals surface area contributed by atoms with Gasteiger partial charge in [0.1, 0.15) is 28.8 Å². The van der Waals surface area contributed by atoms with E-state index in [0.29, 0.717) is 43.1 Å². The second kappa shape index (κ2) is 16.8. The average molecular weight is 725 g/mol. The number of anilines is 4. The Morgan fingerprint density at radius 3 is 2.34 bits per heavy atom. The summed E-state index contributed by atoms with van der Waals surface area (Å²) in [7, 11) is 0. The highest BCUT2D eigenvalue weighted by atomic mass is 16.6. The van der Waals surface area contributed by atoms with Crippen molar-refractivity contribution in [3.05, 3.63) is 64.7 Å². The average Bonchev–Trinajstić information content (AvgIpc) is 3.60. The van der Waals surface area contributed by atoms with Crippen LogP contribution in [0.5, 0.6) is 0 Å². The predicted molar refractivity (Wildman–Crippen MR) is 202 cm³/mol. The number of hydrogen-bond donors (Lipinski definition) is 2. The molecule has 4 aromatic heterocycles. The lowest BCUT2D eigenvalue weighted by atomic mass is 10.2. The van der Waals surface area contributed by atoms with Crippen LogP contribution in [0.3, 0.4) is 0 Å². The van der Waals surface area contributed by atoms with E-state index in [-0.39, 0.29) is 11.9 Å². The van der Waals surface area contributed by atoms with Gasteiger partial charge >= 0.3 is 11.9 Å². The largest absolute Gasteiger partial charge is 0.444 e. The Kier molecular flexibility index (Phi) is 11.8. The summed E-state index contributed by atoms with van der Waals surface area (Å²) < 4.78 is 7.49. The molecule has 2 N–H and O–H groups in total. The van der Waals surface area contributed by atoms with Gasteiger partial charge in [0.2, 0.25) is 5.95 Å². The Morgan fingerprint density at radius 1 is 0.925 bits per heavy atom. The number of nitrogens with one attached hydrogen (secondary N) is 2. The fraction of sp³-hybridized carbons (Fsp3) is 0.514. The fourth-order valence-electron chi connectivity index (χ4n) is 6.91. The second-order valence-corrected chi connectivity index (χ2v) is 14.5. The van der Waals surface area contributed by atoms with Crippen LogP contribution in [0.1, 0.15) is 71.0 Å². The summed E-state index contributed by atoms with van der Waals surface area (Å²) in [6.07, 6.45) is 11.4. The first-order chi connectivity index (χ1) is 25.6. The lowest BCUT2D eigenvalue weighted by Gasteiger charge is -2.26. The standard InChI is InChI=1S/C22H26N8.C15H22N4O4/c23-13-19-12-16-14-26-22(28-21(16)30(19)17-4-1-2-5-17)27-20-7-6-18(15-25-20)29-10-3-8-24-9-11-29;1-15(2,3)23-14(20)18-8-4-7-17(9-10-18)12-5-6-13(16-11-12)19(21)22/h6-7,12,14-15,17,24H,1-5,8-11H2,(H,25,26,27,28);5-6,11H,4,7-10H2,1-3H3. The topological polar surface area (TPSA) is 184 Å². The van der Waals surface area contributed by atoms with Crippen LogP contribution in [0, 0.1) is 21.4 Å². The molecule has 3 aliphatic rings. The van der Waals surface area contributed by atoms with Gasteiger partial charge in [0.05, 0.1) is 17.6 Å². The SMILES string of the molecule is CC(C)(C)OC(=O)N1CCCN(c2ccc([N+](=O)[O-])nc2)CC1.N#Cc1cc2cnc(Nc3ccc(N4CCCNCC4)cn3)nc2n1C1CCCC1. The van der Waals surface area contributed by atoms with Crippen LogP contribution in [-0.2, 0) is 4.74 Å². The third-order valence-electron chi connectivity index (χ3n) is 9.51. The quantitative estimate of drug-likeness (QED) is 0.180. The molecular weight excluding hydrogens is 676 g/mol. The molecule has 2 aliphatic heterocycles. The minimum Gasteiger partial charge on any atom is -0.444 e. The van der Waals surface area contributed by atoms with Crippen molar-refractivity contribution in [1.29, 1.82) is 5.26 Å². The van der Waals surface area contributed by atoms with Gasteiger partial charge in [0.15, 0.2) is 6.20 Å². The number of nitriles is 1. The number of ether oxygens (including phenoxy) is 1. The Bertz CT molecular complexity index is 1890. The number of amides is 1. The number of nitrogens with zero attached hydrogens (tertiary/aromatic N) is 10. The van der Waals surface area contributed by atoms with Crippen LogP contribution in [0.25, 0.3) is 11.0 Å². The molecule has 0 radical (unpaired) electrons. The number of rotatable bonds is 6. The number of fused-ring (bicyclic) bond motifs is 1. The molecule has 16 nitrogen and oxygen atoms in total. The minimum atomic E-state index is -0.517. The van der Waals surface area contributed by atoms with Gasteiger partial charge in [0.25, 0.3) is 0 Å². The molecular formula is C37H48N12O4. The van der Waals surface area contributed by atoms with Crippen LogP contribution in [0.15, 0.2) is 48.9 Å². The molecule has 3 fully saturated rings. The van der Waals surface area contributed by atoms with E-state index < -0.39 is 10.5 Å². The number of hydrogen-bond acceptors (Lipinski definition) is 13. The molecule has 1 saturated carbocycles. The van der Waals surface area contributed by atoms with E-state index in [4.69, 9.17) is 9.72 Å². The highest BCUT2D eigenvalue weighted by Crippen LogP contribution is 2.34. The summed E-state index contributed by atoms with van der Waals surface area (Å²) >= 11 is 0. The van der Waals surface area contributed by atoms with Crippen molar-refractivity contribution in [2.75, 3.05) is 67.5 Å². The Morgan fingerprint density at radius 2 is 1.66 bits per heavy atom. The van der Waals surface area contributed by atoms with Crippen molar-refractivity contribution in [3.8, 4) is 6.07 Å². The number of carbonyl (C=O) groups is 1. The van der Waals surface area contributed by atoms with Crippen LogP contribution in [-0.4, -0.2) is 98.4 Å². The van der Waals surface area contributed by atoms with E-state index in [1.165, 1.54) is 25.1 Å². The zero-order chi connectivity index (χ0) is 37.4. The van der Waals surface area contributed by atoms with Crippen molar-refractivity contribution in [3.63, 3.8) is 0 Å². The smallest absolute Gasteiger partial charge is 0.410 e. The van der Waals surface area contributed by atoms with E-state index in [0.717, 1.165) is 80.8 Å². The third-order valence-corrected chi connectivity index (χ3v) is 9.51. The van der Waals surface area contributed by atoms with Gasteiger partial charge in [-0.2, -0.15) is 10.2 Å². The maximum Gasteiger partial charge on any atom is 0.410 e. The molecule has 0 bridgehead atoms. The number of nitro groups is 1. The van der Waals surface area contributed by atoms with Crippen molar-refractivity contribution in [1.82, 2.24) is 34.7 Å². The third kappa shape index (κ3) is 9.66. The van der Waals surface area contributed by atoms with E-state index in [2.05, 4.69) is 52.1 Å². The molecule has 0 spiro atoms. The molecule has 7 rings (SSSR count). The first-order valence-corrected chi connectivity index (χ1v) is 18.4. The van der Waals surface area contributed by atoms with E-state index in [9.17, 15) is 20.2 Å². The predicted octanol–water partition coefficient (Wildman–Crippen LogP) is 5.79. The number of aromatic nitrogens is 5. The summed E-state index contributed by atoms with van der Waals surface area (Å²) in [5, 5.41) is 27.8. The van der Waals surface area contributed by atoms with E-state index >= 15 is 0 Å². The summed E-state index contributed by atoms with van der Waals surface area (Å²) in [5.41, 5.74) is 2.93. The highest BCUT2D eigenvalue weighted by Gasteiger charge is 2.26. The molecule has 1 amide bonds. The van der Waals surface area contributed by atoms with Crippen molar-refractivity contribution >= 4 is 46.1 Å². The summed E-state index contributed by atoms with van der Waals surface area (Å²) in [5.74, 6) is 1.05. The van der Waals surface area contributed by atoms with Gasteiger partial charge in [-0.1, -0.05) is 12.8 Å². The van der Waals surface area contributed by atoms with Gasteiger partial charge in [-0.15, -0.1) is 0 Å². The normalized spacial score (nSPS) is 17.0. The molecule has 4 aromatic rings. The Balaban J connectivity index is 0.000000189. The molecule has 6 heterocycles. The minimum absolute atomic E-state index is 0.168. The fourth-order valence-corrected chi connectivity index (χ4v) is 6.91. The van der Waals surface area contributed by atoms with Gasteiger partial charge in [-0.25, -0.2) is 14.8 Å². The zero-order valence-corrected chi connectivity index (χ0v) is 30.7. The first kappa shape index (κ1) is 37.2. The summed E-state index contributed by atoms with van der Waals surface area (Å²) in [4.78, 5) is 46.0. The Labute approximate surface area is 309 Å². The molecule has 16 heteroatoms. The number of carbonyl (C=O) groups excluding carboxylic acids is 1. The zero-order valence-electron chi connectivity index (χ0n) is 30.7. The second-order valence-electron chi connectivity index (χ2n) is 14.5. The summed E-state index contributed by atoms with van der Waals surface area (Å²) in [6.45, 7) is 12.2. The van der Waals surface area contributed by atoms with E-state index in [1.807, 2.05) is 39.1 Å². The van der Waals surface area contributed by atoms with Gasteiger partial charge in [-0.3, -0.25) is 0 Å². The van der Waals surface area contributed by atoms with Crippen molar-refractivity contribution < 1.29 is 14.5 Å². The van der Waals surface area contributed by atoms with Crippen LogP contribution in [0.4, 0.5) is 33.8 Å². The van der Waals surface area contributed by atoms with Crippen molar-refractivity contribution in [2.24, 2.45) is 0 Å². The molecule has 2 saturated heterocycles. The monoisotopic (exact) mass is 724 g/mol. The van der Waals surface area contributed by atoms with Gasteiger partial charge in [-0.05, 0) is 87.2 Å². The lowest BCUT2D eigenvalue weighted by Crippen LogP contribution is -2.39. The number of pyridine rings is 2. The maximum absolute atomic E-state index is 12.1.